The van der Waals surface area contributed by atoms with Crippen LogP contribution in [-0.4, -0.2) is 46.1 Å². The fourth-order valence-corrected chi connectivity index (χ4v) is 4.57. The van der Waals surface area contributed by atoms with Gasteiger partial charge in [-0.15, -0.1) is 10.2 Å². The number of aromatic nitrogens is 4. The Bertz CT molecular complexity index is 699. The number of piperidine rings is 1. The molecule has 1 aliphatic carbocycles. The minimum absolute atomic E-state index is 0.305. The van der Waals surface area contributed by atoms with Crippen molar-refractivity contribution < 1.29 is 4.74 Å². The van der Waals surface area contributed by atoms with Crippen molar-refractivity contribution in [2.45, 2.75) is 51.6 Å². The average Bonchev–Trinajstić information content (AvgIpc) is 3.20. The van der Waals surface area contributed by atoms with Crippen molar-refractivity contribution in [1.29, 1.82) is 0 Å². The molecule has 1 saturated carbocycles. The molecule has 2 fully saturated rings. The van der Waals surface area contributed by atoms with Gasteiger partial charge < -0.3 is 9.64 Å². The van der Waals surface area contributed by atoms with Crippen molar-refractivity contribution in [2.24, 2.45) is 5.41 Å². The molecule has 0 N–H and O–H groups in total. The largest absolute Gasteiger partial charge is 0.381 e. The summed E-state index contributed by atoms with van der Waals surface area (Å²) >= 11 is 0. The first-order chi connectivity index (χ1) is 11.3. The molecule has 2 aliphatic rings. The summed E-state index contributed by atoms with van der Waals surface area (Å²) in [4.78, 5) is 2.49. The van der Waals surface area contributed by atoms with Crippen molar-refractivity contribution in [2.75, 3.05) is 25.1 Å². The molecule has 0 amide bonds. The van der Waals surface area contributed by atoms with E-state index >= 15 is 0 Å². The van der Waals surface area contributed by atoms with Gasteiger partial charge in [0.25, 0.3) is 0 Å². The minimum atomic E-state index is 0.305. The molecule has 2 atom stereocenters. The van der Waals surface area contributed by atoms with Gasteiger partial charge in [0.15, 0.2) is 0 Å². The summed E-state index contributed by atoms with van der Waals surface area (Å²) in [5.41, 5.74) is 3.43. The first-order valence-electron chi connectivity index (χ1n) is 8.73. The summed E-state index contributed by atoms with van der Waals surface area (Å²) in [5, 5.41) is 12.9. The highest BCUT2D eigenvalue weighted by molar-refractivity contribution is 5.68. The van der Waals surface area contributed by atoms with E-state index in [0.717, 1.165) is 30.9 Å². The quantitative estimate of drug-likeness (QED) is 0.871. The topological polar surface area (TPSA) is 55.5 Å². The number of anilines is 1. The maximum Gasteiger partial charge on any atom is 0.200 e. The van der Waals surface area contributed by atoms with Crippen molar-refractivity contribution >= 4 is 11.3 Å². The molecule has 0 bridgehead atoms. The number of rotatable bonds is 3. The highest BCUT2D eigenvalue weighted by Crippen LogP contribution is 2.47. The van der Waals surface area contributed by atoms with Gasteiger partial charge in [-0.3, -0.25) is 0 Å². The lowest BCUT2D eigenvalue weighted by Gasteiger charge is -2.44. The predicted molar refractivity (Wildman–Crippen MR) is 88.7 cm³/mol. The van der Waals surface area contributed by atoms with E-state index in [-0.39, 0.29) is 0 Å². The molecule has 0 aromatic carbocycles. The molecular weight excluding hydrogens is 290 g/mol. The van der Waals surface area contributed by atoms with Crippen LogP contribution in [0.3, 0.4) is 0 Å². The van der Waals surface area contributed by atoms with Gasteiger partial charge in [0.1, 0.15) is 6.33 Å². The van der Waals surface area contributed by atoms with Crippen molar-refractivity contribution in [3.63, 3.8) is 0 Å². The number of hydrogen-bond donors (Lipinski definition) is 0. The van der Waals surface area contributed by atoms with Gasteiger partial charge in [0, 0.05) is 25.6 Å². The van der Waals surface area contributed by atoms with E-state index in [9.17, 15) is 0 Å². The third-order valence-corrected chi connectivity index (χ3v) is 5.72. The molecule has 2 aromatic rings. The van der Waals surface area contributed by atoms with Crippen LogP contribution in [0, 0.1) is 5.41 Å². The number of hydrogen-bond acceptors (Lipinski definition) is 5. The highest BCUT2D eigenvalue weighted by Gasteiger charge is 2.46. The molecule has 6 nitrogen and oxygen atoms in total. The van der Waals surface area contributed by atoms with Crippen LogP contribution < -0.4 is 4.90 Å². The number of methoxy groups -OCH3 is 1. The first-order valence-corrected chi connectivity index (χ1v) is 8.73. The van der Waals surface area contributed by atoms with Crippen LogP contribution in [0.1, 0.15) is 44.7 Å². The van der Waals surface area contributed by atoms with E-state index in [4.69, 9.17) is 4.74 Å². The third-order valence-electron chi connectivity index (χ3n) is 5.72. The number of ether oxygens (including phenoxy) is 1. The molecule has 0 radical (unpaired) electrons. The van der Waals surface area contributed by atoms with E-state index in [2.05, 4.69) is 33.2 Å². The van der Waals surface area contributed by atoms with Crippen molar-refractivity contribution in [1.82, 2.24) is 19.8 Å². The molecular formula is C17H25N5O. The second-order valence-electron chi connectivity index (χ2n) is 6.98. The van der Waals surface area contributed by atoms with E-state index in [1.165, 1.54) is 37.8 Å². The summed E-state index contributed by atoms with van der Waals surface area (Å²) in [6.45, 7) is 4.27. The lowest BCUT2D eigenvalue weighted by atomic mass is 9.76. The average molecular weight is 315 g/mol. The Morgan fingerprint density at radius 2 is 2.22 bits per heavy atom. The van der Waals surface area contributed by atoms with E-state index in [1.807, 2.05) is 11.6 Å². The zero-order valence-electron chi connectivity index (χ0n) is 14.0. The Labute approximate surface area is 136 Å². The Morgan fingerprint density at radius 3 is 3.04 bits per heavy atom. The molecule has 1 spiro atoms. The molecule has 2 aromatic heterocycles. The molecule has 1 saturated heterocycles. The normalized spacial score (nSPS) is 28.1. The second-order valence-corrected chi connectivity index (χ2v) is 6.98. The van der Waals surface area contributed by atoms with E-state index in [0.29, 0.717) is 11.5 Å². The third kappa shape index (κ3) is 2.40. The Kier molecular flexibility index (Phi) is 3.71. The molecule has 0 unspecified atom stereocenters. The summed E-state index contributed by atoms with van der Waals surface area (Å²) in [7, 11) is 1.87. The van der Waals surface area contributed by atoms with E-state index < -0.39 is 0 Å². The van der Waals surface area contributed by atoms with Crippen LogP contribution >= 0.6 is 0 Å². The second kappa shape index (κ2) is 5.74. The van der Waals surface area contributed by atoms with Gasteiger partial charge >= 0.3 is 0 Å². The Morgan fingerprint density at radius 1 is 1.35 bits per heavy atom. The molecule has 6 heteroatoms. The van der Waals surface area contributed by atoms with Crippen LogP contribution in [-0.2, 0) is 11.2 Å². The molecule has 23 heavy (non-hydrogen) atoms. The van der Waals surface area contributed by atoms with Gasteiger partial charge in [-0.25, -0.2) is 0 Å². The Balaban J connectivity index is 1.71. The lowest BCUT2D eigenvalue weighted by Crippen LogP contribution is -2.48. The summed E-state index contributed by atoms with van der Waals surface area (Å²) in [6, 6.07) is 2.19. The van der Waals surface area contributed by atoms with Gasteiger partial charge in [0.05, 0.1) is 17.5 Å². The standard InChI is InChI=1S/C17H25N5O/c1-3-13-10-14(16-19-18-12-22(16)20-13)21-9-5-8-17(11-21)7-4-6-15(17)23-2/h10,12,15H,3-9,11H2,1-2H3/t15-,17-/m1/s1. The highest BCUT2D eigenvalue weighted by atomic mass is 16.5. The van der Waals surface area contributed by atoms with Crippen LogP contribution in [0.5, 0.6) is 0 Å². The predicted octanol–water partition coefficient (Wildman–Crippen LogP) is 2.47. The number of fused-ring (bicyclic) bond motifs is 1. The summed E-state index contributed by atoms with van der Waals surface area (Å²) < 4.78 is 7.65. The summed E-state index contributed by atoms with van der Waals surface area (Å²) in [5.74, 6) is 0. The number of nitrogens with zero attached hydrogens (tertiary/aromatic N) is 5. The van der Waals surface area contributed by atoms with Gasteiger partial charge in [0.2, 0.25) is 5.65 Å². The first kappa shape index (κ1) is 14.9. The smallest absolute Gasteiger partial charge is 0.200 e. The van der Waals surface area contributed by atoms with Crippen LogP contribution in [0.15, 0.2) is 12.4 Å². The van der Waals surface area contributed by atoms with Crippen LogP contribution in [0.4, 0.5) is 5.69 Å². The Hall–Kier alpha value is -1.69. The summed E-state index contributed by atoms with van der Waals surface area (Å²) in [6.07, 6.45) is 9.25. The van der Waals surface area contributed by atoms with Crippen molar-refractivity contribution in [3.8, 4) is 0 Å². The van der Waals surface area contributed by atoms with Crippen LogP contribution in [0.2, 0.25) is 0 Å². The minimum Gasteiger partial charge on any atom is -0.381 e. The van der Waals surface area contributed by atoms with Gasteiger partial charge in [-0.05, 0) is 38.2 Å². The molecule has 4 rings (SSSR count). The SMILES string of the molecule is CCc1cc(N2CCC[C@]3(CCC[C@H]3OC)C2)c2nncn2n1. The van der Waals surface area contributed by atoms with Gasteiger partial charge in [-0.1, -0.05) is 13.3 Å². The maximum atomic E-state index is 5.83. The molecule has 124 valence electrons. The monoisotopic (exact) mass is 315 g/mol. The molecule has 1 aliphatic heterocycles. The van der Waals surface area contributed by atoms with Crippen LogP contribution in [0.25, 0.3) is 5.65 Å². The zero-order valence-corrected chi connectivity index (χ0v) is 14.0. The number of aryl methyl sites for hydroxylation is 1. The fraction of sp³-hybridized carbons (Fsp3) is 0.706. The molecule has 3 heterocycles. The van der Waals surface area contributed by atoms with Gasteiger partial charge in [-0.2, -0.15) is 9.61 Å². The van der Waals surface area contributed by atoms with E-state index in [1.54, 1.807) is 6.33 Å². The zero-order chi connectivity index (χ0) is 15.9. The van der Waals surface area contributed by atoms with Crippen molar-refractivity contribution in [3.05, 3.63) is 18.1 Å². The maximum absolute atomic E-state index is 5.83. The fourth-order valence-electron chi connectivity index (χ4n) is 4.57. The lowest BCUT2D eigenvalue weighted by molar-refractivity contribution is 0.00229.